The molecule has 0 aromatic heterocycles. The van der Waals surface area contributed by atoms with E-state index in [1.54, 1.807) is 0 Å². The number of rotatable bonds is 4. The van der Waals surface area contributed by atoms with Crippen molar-refractivity contribution in [1.82, 2.24) is 10.2 Å². The normalized spacial score (nSPS) is 24.2. The van der Waals surface area contributed by atoms with E-state index in [1.807, 2.05) is 0 Å². The van der Waals surface area contributed by atoms with Crippen molar-refractivity contribution in [2.24, 2.45) is 0 Å². The number of hydrogen-bond donors (Lipinski definition) is 1. The molecule has 0 bridgehead atoms. The first kappa shape index (κ1) is 12.0. The van der Waals surface area contributed by atoms with E-state index in [0.717, 1.165) is 26.3 Å². The summed E-state index contributed by atoms with van der Waals surface area (Å²) in [6.45, 7) is 11.9. The van der Waals surface area contributed by atoms with Crippen LogP contribution in [0.25, 0.3) is 0 Å². The molecule has 2 atom stereocenters. The molecule has 3 heteroatoms. The molecule has 3 nitrogen and oxygen atoms in total. The summed E-state index contributed by atoms with van der Waals surface area (Å²) in [5, 5.41) is 3.48. The lowest BCUT2D eigenvalue weighted by Gasteiger charge is -2.32. The molecule has 0 spiro atoms. The van der Waals surface area contributed by atoms with Gasteiger partial charge in [-0.3, -0.25) is 4.90 Å². The Hall–Kier alpha value is -0.120. The van der Waals surface area contributed by atoms with Gasteiger partial charge in [0.05, 0.1) is 6.61 Å². The molecule has 84 valence electrons. The van der Waals surface area contributed by atoms with Crippen molar-refractivity contribution in [3.05, 3.63) is 0 Å². The van der Waals surface area contributed by atoms with Gasteiger partial charge in [0, 0.05) is 31.8 Å². The zero-order valence-corrected chi connectivity index (χ0v) is 9.75. The average Bonchev–Trinajstić information content (AvgIpc) is 2.45. The van der Waals surface area contributed by atoms with Crippen LogP contribution in [0.15, 0.2) is 0 Å². The van der Waals surface area contributed by atoms with Gasteiger partial charge in [-0.05, 0) is 26.8 Å². The monoisotopic (exact) mass is 200 g/mol. The van der Waals surface area contributed by atoms with Crippen LogP contribution in [-0.4, -0.2) is 49.8 Å². The Kier molecular flexibility index (Phi) is 5.45. The predicted molar refractivity (Wildman–Crippen MR) is 59.6 cm³/mol. The molecule has 0 amide bonds. The van der Waals surface area contributed by atoms with Gasteiger partial charge >= 0.3 is 0 Å². The van der Waals surface area contributed by atoms with Gasteiger partial charge in [0.15, 0.2) is 0 Å². The summed E-state index contributed by atoms with van der Waals surface area (Å²) in [7, 11) is 0. The van der Waals surface area contributed by atoms with Gasteiger partial charge in [-0.2, -0.15) is 0 Å². The topological polar surface area (TPSA) is 24.5 Å². The Bertz CT molecular complexity index is 144. The van der Waals surface area contributed by atoms with E-state index in [9.17, 15) is 0 Å². The van der Waals surface area contributed by atoms with Crippen molar-refractivity contribution in [3.63, 3.8) is 0 Å². The van der Waals surface area contributed by atoms with E-state index in [2.05, 4.69) is 31.0 Å². The second-order valence-electron chi connectivity index (χ2n) is 4.09. The summed E-state index contributed by atoms with van der Waals surface area (Å²) in [6, 6.07) is 1.18. The molecule has 0 aliphatic carbocycles. The Morgan fingerprint density at radius 2 is 2.07 bits per heavy atom. The maximum absolute atomic E-state index is 5.45. The van der Waals surface area contributed by atoms with Crippen molar-refractivity contribution in [1.29, 1.82) is 0 Å². The molecule has 1 N–H and O–H groups in total. The first-order chi connectivity index (χ1) is 6.75. The smallest absolute Gasteiger partial charge is 0.0593 e. The van der Waals surface area contributed by atoms with Crippen molar-refractivity contribution in [2.45, 2.75) is 39.3 Å². The van der Waals surface area contributed by atoms with Crippen LogP contribution in [0.2, 0.25) is 0 Å². The van der Waals surface area contributed by atoms with E-state index in [-0.39, 0.29) is 0 Å². The van der Waals surface area contributed by atoms with Gasteiger partial charge < -0.3 is 10.1 Å². The fraction of sp³-hybridized carbons (Fsp3) is 1.00. The first-order valence-corrected chi connectivity index (χ1v) is 5.81. The third-order valence-corrected chi connectivity index (χ3v) is 3.08. The minimum Gasteiger partial charge on any atom is -0.380 e. The molecule has 1 fully saturated rings. The summed E-state index contributed by atoms with van der Waals surface area (Å²) in [5.74, 6) is 0. The second kappa shape index (κ2) is 6.38. The molecule has 14 heavy (non-hydrogen) atoms. The Morgan fingerprint density at radius 3 is 2.79 bits per heavy atom. The molecule has 0 aromatic rings. The minimum absolute atomic E-state index is 0.568. The van der Waals surface area contributed by atoms with Crippen LogP contribution in [0.3, 0.4) is 0 Å². The van der Waals surface area contributed by atoms with Crippen LogP contribution in [0, 0.1) is 0 Å². The SMILES string of the molecule is CCNC(C)C(C)N1CCCOCC1. The zero-order valence-electron chi connectivity index (χ0n) is 9.75. The minimum atomic E-state index is 0.568. The summed E-state index contributed by atoms with van der Waals surface area (Å²) in [5.41, 5.74) is 0. The third kappa shape index (κ3) is 3.56. The number of hydrogen-bond acceptors (Lipinski definition) is 3. The predicted octanol–water partition coefficient (Wildman–Crippen LogP) is 1.10. The molecule has 1 aliphatic rings. The van der Waals surface area contributed by atoms with Crippen molar-refractivity contribution < 1.29 is 4.74 Å². The first-order valence-electron chi connectivity index (χ1n) is 5.81. The van der Waals surface area contributed by atoms with Crippen LogP contribution >= 0.6 is 0 Å². The summed E-state index contributed by atoms with van der Waals surface area (Å²) < 4.78 is 5.45. The van der Waals surface area contributed by atoms with Crippen molar-refractivity contribution >= 4 is 0 Å². The third-order valence-electron chi connectivity index (χ3n) is 3.08. The second-order valence-corrected chi connectivity index (χ2v) is 4.09. The van der Waals surface area contributed by atoms with Crippen LogP contribution in [0.4, 0.5) is 0 Å². The molecule has 1 heterocycles. The molecular weight excluding hydrogens is 176 g/mol. The lowest BCUT2D eigenvalue weighted by molar-refractivity contribution is 0.127. The quantitative estimate of drug-likeness (QED) is 0.735. The molecule has 0 radical (unpaired) electrons. The van der Waals surface area contributed by atoms with E-state index in [1.165, 1.54) is 13.0 Å². The van der Waals surface area contributed by atoms with E-state index < -0.39 is 0 Å². The molecule has 1 saturated heterocycles. The lowest BCUT2D eigenvalue weighted by atomic mass is 10.1. The number of nitrogens with one attached hydrogen (secondary N) is 1. The average molecular weight is 200 g/mol. The van der Waals surface area contributed by atoms with Gasteiger partial charge in [-0.25, -0.2) is 0 Å². The largest absolute Gasteiger partial charge is 0.380 e. The van der Waals surface area contributed by atoms with Gasteiger partial charge in [0.2, 0.25) is 0 Å². The highest BCUT2D eigenvalue weighted by Crippen LogP contribution is 2.07. The van der Waals surface area contributed by atoms with E-state index >= 15 is 0 Å². The van der Waals surface area contributed by atoms with Crippen LogP contribution < -0.4 is 5.32 Å². The van der Waals surface area contributed by atoms with Crippen molar-refractivity contribution in [3.8, 4) is 0 Å². The standard InChI is InChI=1S/C11H24N2O/c1-4-12-10(2)11(3)13-6-5-8-14-9-7-13/h10-12H,4-9H2,1-3H3. The maximum Gasteiger partial charge on any atom is 0.0593 e. The number of likely N-dealkylation sites (N-methyl/N-ethyl adjacent to an activating group) is 1. The number of ether oxygens (including phenoxy) is 1. The van der Waals surface area contributed by atoms with Crippen LogP contribution in [0.5, 0.6) is 0 Å². The fourth-order valence-corrected chi connectivity index (χ4v) is 1.98. The lowest BCUT2D eigenvalue weighted by Crippen LogP contribution is -2.47. The number of nitrogens with zero attached hydrogens (tertiary/aromatic N) is 1. The highest BCUT2D eigenvalue weighted by atomic mass is 16.5. The molecule has 1 aliphatic heterocycles. The molecule has 0 saturated carbocycles. The molecular formula is C11H24N2O. The molecule has 0 aromatic carbocycles. The Labute approximate surface area is 87.8 Å². The van der Waals surface area contributed by atoms with Gasteiger partial charge in [-0.1, -0.05) is 6.92 Å². The Morgan fingerprint density at radius 1 is 1.29 bits per heavy atom. The van der Waals surface area contributed by atoms with Gasteiger partial charge in [-0.15, -0.1) is 0 Å². The Balaban J connectivity index is 2.36. The molecule has 2 unspecified atom stereocenters. The van der Waals surface area contributed by atoms with Crippen LogP contribution in [-0.2, 0) is 4.74 Å². The van der Waals surface area contributed by atoms with E-state index in [4.69, 9.17) is 4.74 Å². The maximum atomic E-state index is 5.45. The summed E-state index contributed by atoms with van der Waals surface area (Å²) in [6.07, 6.45) is 1.17. The zero-order chi connectivity index (χ0) is 10.4. The van der Waals surface area contributed by atoms with Crippen molar-refractivity contribution in [2.75, 3.05) is 32.8 Å². The van der Waals surface area contributed by atoms with E-state index in [0.29, 0.717) is 12.1 Å². The highest BCUT2D eigenvalue weighted by Gasteiger charge is 2.20. The van der Waals surface area contributed by atoms with Gasteiger partial charge in [0.1, 0.15) is 0 Å². The highest BCUT2D eigenvalue weighted by molar-refractivity contribution is 4.78. The summed E-state index contributed by atoms with van der Waals surface area (Å²) >= 11 is 0. The molecule has 1 rings (SSSR count). The van der Waals surface area contributed by atoms with Crippen LogP contribution in [0.1, 0.15) is 27.2 Å². The summed E-state index contributed by atoms with van der Waals surface area (Å²) in [4.78, 5) is 2.53. The van der Waals surface area contributed by atoms with Gasteiger partial charge in [0.25, 0.3) is 0 Å². The fourth-order valence-electron chi connectivity index (χ4n) is 1.98.